The maximum Gasteiger partial charge on any atom is 0.0595 e. The van der Waals surface area contributed by atoms with E-state index in [4.69, 9.17) is 11.6 Å². The molecule has 0 aliphatic heterocycles. The molecule has 0 amide bonds. The normalized spacial score (nSPS) is 10.2. The minimum atomic E-state index is 0.768. The molecule has 3 heteroatoms. The number of benzene rings is 1. The van der Waals surface area contributed by atoms with Gasteiger partial charge in [-0.05, 0) is 41.9 Å². The predicted octanol–water partition coefficient (Wildman–Crippen LogP) is 3.95. The summed E-state index contributed by atoms with van der Waals surface area (Å²) in [6.45, 7) is 6.26. The average molecular weight is 263 g/mol. The minimum Gasteiger partial charge on any atom is -0.371 e. The van der Waals surface area contributed by atoms with E-state index in [2.05, 4.69) is 40.7 Å². The van der Waals surface area contributed by atoms with Crippen molar-refractivity contribution in [2.45, 2.75) is 13.8 Å². The number of anilines is 1. The molecule has 0 fully saturated rings. The first kappa shape index (κ1) is 10.9. The lowest BCUT2D eigenvalue weighted by Crippen LogP contribution is -2.22. The predicted molar refractivity (Wildman–Crippen MR) is 62.7 cm³/mol. The number of rotatable bonds is 3. The van der Waals surface area contributed by atoms with E-state index in [-0.39, 0.29) is 0 Å². The van der Waals surface area contributed by atoms with Crippen LogP contribution in [0.25, 0.3) is 0 Å². The van der Waals surface area contributed by atoms with Crippen LogP contribution in [0.15, 0.2) is 22.7 Å². The van der Waals surface area contributed by atoms with Crippen LogP contribution in [-0.2, 0) is 0 Å². The monoisotopic (exact) mass is 261 g/mol. The van der Waals surface area contributed by atoms with Crippen LogP contribution < -0.4 is 4.90 Å². The molecule has 0 unspecified atom stereocenters. The summed E-state index contributed by atoms with van der Waals surface area (Å²) in [5.41, 5.74) is 1.16. The Balaban J connectivity index is 3.05. The van der Waals surface area contributed by atoms with Crippen LogP contribution in [0, 0.1) is 0 Å². The van der Waals surface area contributed by atoms with Gasteiger partial charge in [-0.15, -0.1) is 0 Å². The topological polar surface area (TPSA) is 3.24 Å². The lowest BCUT2D eigenvalue weighted by Gasteiger charge is -2.22. The Morgan fingerprint density at radius 1 is 1.31 bits per heavy atom. The molecule has 0 bridgehead atoms. The summed E-state index contributed by atoms with van der Waals surface area (Å²) in [7, 11) is 0. The van der Waals surface area contributed by atoms with Crippen LogP contribution in [0.4, 0.5) is 5.69 Å². The average Bonchev–Trinajstić information content (AvgIpc) is 2.14. The smallest absolute Gasteiger partial charge is 0.0595 e. The van der Waals surface area contributed by atoms with Gasteiger partial charge in [0.2, 0.25) is 0 Å². The van der Waals surface area contributed by atoms with Gasteiger partial charge in [-0.1, -0.05) is 17.7 Å². The summed E-state index contributed by atoms with van der Waals surface area (Å²) in [4.78, 5) is 2.26. The molecule has 13 heavy (non-hydrogen) atoms. The summed E-state index contributed by atoms with van der Waals surface area (Å²) < 4.78 is 0.986. The Morgan fingerprint density at radius 2 is 1.92 bits per heavy atom. The van der Waals surface area contributed by atoms with Crippen molar-refractivity contribution in [3.63, 3.8) is 0 Å². The number of hydrogen-bond acceptors (Lipinski definition) is 1. The fourth-order valence-electron chi connectivity index (χ4n) is 1.30. The first-order valence-corrected chi connectivity index (χ1v) is 5.56. The quantitative estimate of drug-likeness (QED) is 0.797. The summed E-state index contributed by atoms with van der Waals surface area (Å²) in [6.07, 6.45) is 0. The van der Waals surface area contributed by atoms with E-state index in [0.717, 1.165) is 28.3 Å². The fraction of sp³-hybridized carbons (Fsp3) is 0.400. The molecule has 0 heterocycles. The molecule has 0 radical (unpaired) electrons. The van der Waals surface area contributed by atoms with E-state index in [9.17, 15) is 0 Å². The SMILES string of the molecule is CCN(CC)c1cccc(Cl)c1Br. The largest absolute Gasteiger partial charge is 0.371 e. The molecular weight excluding hydrogens is 249 g/mol. The van der Waals surface area contributed by atoms with Gasteiger partial charge in [-0.3, -0.25) is 0 Å². The van der Waals surface area contributed by atoms with Crippen molar-refractivity contribution in [1.82, 2.24) is 0 Å². The summed E-state index contributed by atoms with van der Waals surface area (Å²) in [5.74, 6) is 0. The second kappa shape index (κ2) is 4.87. The Kier molecular flexibility index (Phi) is 4.07. The van der Waals surface area contributed by atoms with Crippen LogP contribution in [-0.4, -0.2) is 13.1 Å². The van der Waals surface area contributed by atoms with Gasteiger partial charge < -0.3 is 4.90 Å². The molecule has 1 aromatic carbocycles. The third-order valence-corrected chi connectivity index (χ3v) is 3.41. The Bertz CT molecular complexity index is 284. The molecule has 0 spiro atoms. The lowest BCUT2D eigenvalue weighted by atomic mass is 10.3. The van der Waals surface area contributed by atoms with E-state index in [1.54, 1.807) is 0 Å². The molecule has 0 aromatic heterocycles. The van der Waals surface area contributed by atoms with Gasteiger partial charge in [0, 0.05) is 13.1 Å². The third kappa shape index (κ3) is 2.38. The van der Waals surface area contributed by atoms with Crippen molar-refractivity contribution in [3.8, 4) is 0 Å². The first-order valence-electron chi connectivity index (χ1n) is 4.39. The van der Waals surface area contributed by atoms with Gasteiger partial charge in [-0.25, -0.2) is 0 Å². The lowest BCUT2D eigenvalue weighted by molar-refractivity contribution is 0.864. The highest BCUT2D eigenvalue weighted by atomic mass is 79.9. The summed E-state index contributed by atoms with van der Waals surface area (Å²) in [6, 6.07) is 5.93. The zero-order valence-corrected chi connectivity index (χ0v) is 10.2. The standard InChI is InChI=1S/C10H13BrClN/c1-3-13(4-2)9-7-5-6-8(12)10(9)11/h5-7H,3-4H2,1-2H3. The number of hydrogen-bond donors (Lipinski definition) is 0. The molecule has 1 rings (SSSR count). The van der Waals surface area contributed by atoms with Crippen LogP contribution in [0.3, 0.4) is 0 Å². The molecule has 0 saturated carbocycles. The van der Waals surface area contributed by atoms with Crippen molar-refractivity contribution >= 4 is 33.2 Å². The molecule has 0 atom stereocenters. The molecule has 72 valence electrons. The highest BCUT2D eigenvalue weighted by Gasteiger charge is 2.08. The van der Waals surface area contributed by atoms with Gasteiger partial charge >= 0.3 is 0 Å². The van der Waals surface area contributed by atoms with E-state index in [0.29, 0.717) is 0 Å². The number of nitrogens with zero attached hydrogens (tertiary/aromatic N) is 1. The molecule has 0 saturated heterocycles. The summed E-state index contributed by atoms with van der Waals surface area (Å²) in [5, 5.41) is 0.768. The van der Waals surface area contributed by atoms with Crippen LogP contribution in [0.1, 0.15) is 13.8 Å². The summed E-state index contributed by atoms with van der Waals surface area (Å²) >= 11 is 9.49. The molecule has 1 aromatic rings. The van der Waals surface area contributed by atoms with Crippen molar-refractivity contribution in [1.29, 1.82) is 0 Å². The van der Waals surface area contributed by atoms with Crippen LogP contribution >= 0.6 is 27.5 Å². The zero-order chi connectivity index (χ0) is 9.84. The fourth-order valence-corrected chi connectivity index (χ4v) is 1.99. The van der Waals surface area contributed by atoms with Gasteiger partial charge in [0.05, 0.1) is 15.2 Å². The molecule has 1 nitrogen and oxygen atoms in total. The van der Waals surface area contributed by atoms with Crippen LogP contribution in [0.5, 0.6) is 0 Å². The molecule has 0 aliphatic carbocycles. The van der Waals surface area contributed by atoms with Gasteiger partial charge in [0.1, 0.15) is 0 Å². The van der Waals surface area contributed by atoms with E-state index in [1.165, 1.54) is 0 Å². The van der Waals surface area contributed by atoms with E-state index >= 15 is 0 Å². The van der Waals surface area contributed by atoms with Crippen molar-refractivity contribution in [2.75, 3.05) is 18.0 Å². The maximum atomic E-state index is 6.00. The van der Waals surface area contributed by atoms with Gasteiger partial charge in [0.15, 0.2) is 0 Å². The highest BCUT2D eigenvalue weighted by Crippen LogP contribution is 2.32. The van der Waals surface area contributed by atoms with Crippen molar-refractivity contribution in [3.05, 3.63) is 27.7 Å². The third-order valence-electron chi connectivity index (χ3n) is 2.04. The molecule has 0 aliphatic rings. The van der Waals surface area contributed by atoms with Gasteiger partial charge in [-0.2, -0.15) is 0 Å². The Labute approximate surface area is 92.8 Å². The molecule has 0 N–H and O–H groups in total. The minimum absolute atomic E-state index is 0.768. The maximum absolute atomic E-state index is 6.00. The van der Waals surface area contributed by atoms with E-state index in [1.807, 2.05) is 12.1 Å². The second-order valence-electron chi connectivity index (χ2n) is 2.75. The molecular formula is C10H13BrClN. The zero-order valence-electron chi connectivity index (χ0n) is 7.85. The van der Waals surface area contributed by atoms with Crippen molar-refractivity contribution < 1.29 is 0 Å². The second-order valence-corrected chi connectivity index (χ2v) is 3.95. The Hall–Kier alpha value is -0.210. The van der Waals surface area contributed by atoms with Gasteiger partial charge in [0.25, 0.3) is 0 Å². The first-order chi connectivity index (χ1) is 6.20. The van der Waals surface area contributed by atoms with E-state index < -0.39 is 0 Å². The highest BCUT2D eigenvalue weighted by molar-refractivity contribution is 9.10. The van der Waals surface area contributed by atoms with Crippen molar-refractivity contribution in [2.24, 2.45) is 0 Å². The Morgan fingerprint density at radius 3 is 2.46 bits per heavy atom. The number of halogens is 2. The van der Waals surface area contributed by atoms with Crippen LogP contribution in [0.2, 0.25) is 5.02 Å².